The molecule has 0 bridgehead atoms. The molecule has 0 spiro atoms. The number of hydrogen-bond donors (Lipinski definition) is 3. The number of β-amino-alcohol motifs (C(OH)–C–C–N with tert-alkyl or cyclic N) is 1. The summed E-state index contributed by atoms with van der Waals surface area (Å²) in [5.41, 5.74) is 8.86. The molecule has 4 rings (SSSR count). The van der Waals surface area contributed by atoms with E-state index < -0.39 is 12.1 Å². The third-order valence-corrected chi connectivity index (χ3v) is 5.90. The number of carboxylic acid groups (broad SMARTS) is 1. The number of aromatic nitrogens is 3. The fourth-order valence-electron chi connectivity index (χ4n) is 4.40. The fraction of sp³-hybridized carbons (Fsp3) is 0.500. The van der Waals surface area contributed by atoms with Crippen molar-refractivity contribution in [2.24, 2.45) is 11.7 Å². The summed E-state index contributed by atoms with van der Waals surface area (Å²) in [6.07, 6.45) is 5.38. The second kappa shape index (κ2) is 7.92. The Hall–Kier alpha value is -2.78. The van der Waals surface area contributed by atoms with Gasteiger partial charge < -0.3 is 20.8 Å². The number of carbonyl (C=O) groups excluding carboxylic acids is 1. The van der Waals surface area contributed by atoms with E-state index in [0.29, 0.717) is 50.2 Å². The maximum Gasteiger partial charge on any atom is 0.354 e. The van der Waals surface area contributed by atoms with E-state index in [0.717, 1.165) is 17.5 Å². The van der Waals surface area contributed by atoms with Crippen molar-refractivity contribution in [1.82, 2.24) is 19.7 Å². The van der Waals surface area contributed by atoms with Crippen LogP contribution < -0.4 is 5.73 Å². The monoisotopic (exact) mass is 399 g/mol. The molecular weight excluding hydrogens is 374 g/mol. The number of carboxylic acids is 1. The maximum absolute atomic E-state index is 11.9. The first-order valence-corrected chi connectivity index (χ1v) is 9.90. The van der Waals surface area contributed by atoms with Crippen molar-refractivity contribution in [3.8, 4) is 11.3 Å². The molecule has 154 valence electrons. The van der Waals surface area contributed by atoms with Crippen LogP contribution in [0.3, 0.4) is 0 Å². The number of fused-ring (bicyclic) bond motifs is 3. The van der Waals surface area contributed by atoms with Gasteiger partial charge in [-0.3, -0.25) is 14.5 Å². The lowest BCUT2D eigenvalue weighted by Crippen LogP contribution is -2.42. The maximum atomic E-state index is 11.9. The summed E-state index contributed by atoms with van der Waals surface area (Å²) >= 11 is 0. The number of nitrogens with two attached hydrogens (primary N) is 1. The minimum absolute atomic E-state index is 0.102. The van der Waals surface area contributed by atoms with Gasteiger partial charge in [-0.25, -0.2) is 4.79 Å². The minimum atomic E-state index is -1.04. The molecule has 1 fully saturated rings. The van der Waals surface area contributed by atoms with Crippen molar-refractivity contribution < 1.29 is 19.8 Å². The van der Waals surface area contributed by atoms with Crippen LogP contribution in [0, 0.1) is 5.92 Å². The molecule has 0 saturated carbocycles. The largest absolute Gasteiger partial charge is 0.477 e. The Balaban J connectivity index is 1.50. The number of aliphatic hydroxyl groups is 1. The molecular formula is C20H25N5O4. The first-order valence-electron chi connectivity index (χ1n) is 9.90. The lowest BCUT2D eigenvalue weighted by atomic mass is 9.90. The quantitative estimate of drug-likeness (QED) is 0.636. The van der Waals surface area contributed by atoms with E-state index in [1.165, 1.54) is 4.68 Å². The number of rotatable bonds is 6. The van der Waals surface area contributed by atoms with Crippen molar-refractivity contribution >= 4 is 11.9 Å². The lowest BCUT2D eigenvalue weighted by Gasteiger charge is -2.31. The van der Waals surface area contributed by atoms with Gasteiger partial charge in [0.2, 0.25) is 5.91 Å². The van der Waals surface area contributed by atoms with Crippen molar-refractivity contribution in [1.29, 1.82) is 0 Å². The summed E-state index contributed by atoms with van der Waals surface area (Å²) < 4.78 is 1.42. The third kappa shape index (κ3) is 3.88. The number of piperidine rings is 1. The highest BCUT2D eigenvalue weighted by Crippen LogP contribution is 2.34. The highest BCUT2D eigenvalue weighted by molar-refractivity contribution is 5.90. The van der Waals surface area contributed by atoms with Crippen molar-refractivity contribution in [3.63, 3.8) is 0 Å². The lowest BCUT2D eigenvalue weighted by molar-refractivity contribution is -0.123. The number of primary amides is 1. The van der Waals surface area contributed by atoms with Gasteiger partial charge in [0, 0.05) is 36.0 Å². The molecule has 1 aliphatic heterocycles. The van der Waals surface area contributed by atoms with Gasteiger partial charge in [0.05, 0.1) is 18.3 Å². The normalized spacial score (nSPS) is 18.1. The zero-order valence-electron chi connectivity index (χ0n) is 16.1. The number of aromatic carboxylic acids is 1. The molecule has 1 atom stereocenters. The van der Waals surface area contributed by atoms with E-state index in [1.54, 1.807) is 12.4 Å². The van der Waals surface area contributed by atoms with Gasteiger partial charge in [0.15, 0.2) is 0 Å². The van der Waals surface area contributed by atoms with Gasteiger partial charge in [0.1, 0.15) is 5.69 Å². The number of hydrogen-bond acceptors (Lipinski definition) is 6. The summed E-state index contributed by atoms with van der Waals surface area (Å²) in [6.45, 7) is 1.87. The molecule has 1 aliphatic carbocycles. The third-order valence-electron chi connectivity index (χ3n) is 5.90. The summed E-state index contributed by atoms with van der Waals surface area (Å²) in [4.78, 5) is 29.4. The summed E-state index contributed by atoms with van der Waals surface area (Å²) in [5, 5.41) is 24.9. The Kier molecular flexibility index (Phi) is 5.33. The average Bonchev–Trinajstić information content (AvgIpc) is 3.06. The highest BCUT2D eigenvalue weighted by Gasteiger charge is 2.30. The zero-order valence-corrected chi connectivity index (χ0v) is 16.1. The van der Waals surface area contributed by atoms with Gasteiger partial charge >= 0.3 is 5.97 Å². The number of pyridine rings is 1. The summed E-state index contributed by atoms with van der Waals surface area (Å²) in [6, 6.07) is 1.86. The Morgan fingerprint density at radius 3 is 2.69 bits per heavy atom. The molecule has 1 unspecified atom stereocenters. The van der Waals surface area contributed by atoms with Crippen LogP contribution in [0.1, 0.15) is 34.5 Å². The van der Waals surface area contributed by atoms with Gasteiger partial charge in [-0.15, -0.1) is 0 Å². The van der Waals surface area contributed by atoms with E-state index in [1.807, 2.05) is 6.07 Å². The van der Waals surface area contributed by atoms with E-state index in [9.17, 15) is 19.8 Å². The van der Waals surface area contributed by atoms with Crippen LogP contribution in [-0.4, -0.2) is 67.5 Å². The highest BCUT2D eigenvalue weighted by atomic mass is 16.4. The van der Waals surface area contributed by atoms with Crippen LogP contribution in [0.2, 0.25) is 0 Å². The van der Waals surface area contributed by atoms with E-state index in [-0.39, 0.29) is 24.1 Å². The number of aliphatic hydroxyl groups excluding tert-OH is 1. The molecule has 3 heterocycles. The molecule has 1 saturated heterocycles. The van der Waals surface area contributed by atoms with Gasteiger partial charge in [0.25, 0.3) is 0 Å². The van der Waals surface area contributed by atoms with Gasteiger partial charge in [-0.1, -0.05) is 0 Å². The SMILES string of the molecule is NC(=O)C1CCN(CC(O)Cn2nc3c(c2C(=O)O)CCc2cnccc2-3)CC1. The van der Waals surface area contributed by atoms with Gasteiger partial charge in [-0.05, 0) is 50.4 Å². The van der Waals surface area contributed by atoms with Crippen LogP contribution in [0.15, 0.2) is 18.5 Å². The molecule has 2 aromatic heterocycles. The van der Waals surface area contributed by atoms with Crippen LogP contribution in [-0.2, 0) is 24.2 Å². The van der Waals surface area contributed by atoms with Crippen molar-refractivity contribution in [3.05, 3.63) is 35.3 Å². The molecule has 0 radical (unpaired) electrons. The second-order valence-corrected chi connectivity index (χ2v) is 7.83. The number of likely N-dealkylation sites (tertiary alicyclic amines) is 1. The molecule has 2 aliphatic rings. The Bertz CT molecular complexity index is 933. The number of amides is 1. The first kappa shape index (κ1) is 19.5. The van der Waals surface area contributed by atoms with Crippen molar-refractivity contribution in [2.75, 3.05) is 19.6 Å². The van der Waals surface area contributed by atoms with E-state index in [2.05, 4.69) is 15.0 Å². The van der Waals surface area contributed by atoms with E-state index in [4.69, 9.17) is 5.73 Å². The zero-order chi connectivity index (χ0) is 20.5. The Morgan fingerprint density at radius 2 is 2.00 bits per heavy atom. The van der Waals surface area contributed by atoms with Crippen LogP contribution in [0.4, 0.5) is 0 Å². The topological polar surface area (TPSA) is 135 Å². The molecule has 0 aromatic carbocycles. The molecule has 4 N–H and O–H groups in total. The molecule has 29 heavy (non-hydrogen) atoms. The fourth-order valence-corrected chi connectivity index (χ4v) is 4.40. The van der Waals surface area contributed by atoms with Crippen LogP contribution >= 0.6 is 0 Å². The Morgan fingerprint density at radius 1 is 1.24 bits per heavy atom. The minimum Gasteiger partial charge on any atom is -0.477 e. The first-order chi connectivity index (χ1) is 13.9. The predicted molar refractivity (Wildman–Crippen MR) is 104 cm³/mol. The molecule has 1 amide bonds. The molecule has 9 heteroatoms. The summed E-state index contributed by atoms with van der Waals surface area (Å²) in [7, 11) is 0. The number of nitrogens with zero attached hydrogens (tertiary/aromatic N) is 4. The smallest absolute Gasteiger partial charge is 0.354 e. The van der Waals surface area contributed by atoms with Crippen LogP contribution in [0.25, 0.3) is 11.3 Å². The predicted octanol–water partition coefficient (Wildman–Crippen LogP) is 0.300. The molecule has 9 nitrogen and oxygen atoms in total. The van der Waals surface area contributed by atoms with Gasteiger partial charge in [-0.2, -0.15) is 5.10 Å². The average molecular weight is 399 g/mol. The summed E-state index contributed by atoms with van der Waals surface area (Å²) in [5.74, 6) is -1.41. The van der Waals surface area contributed by atoms with Crippen molar-refractivity contribution in [2.45, 2.75) is 38.3 Å². The van der Waals surface area contributed by atoms with E-state index >= 15 is 0 Å². The second-order valence-electron chi connectivity index (χ2n) is 7.83. The number of carbonyl (C=O) groups is 2. The standard InChI is InChI=1S/C20H25N5O4/c21-19(27)12-4-7-24(8-5-12)10-14(26)11-25-18(20(28)29)16-2-1-13-9-22-6-3-15(13)17(16)23-25/h3,6,9,12,14,26H,1-2,4-5,7-8,10-11H2,(H2,21,27)(H,28,29). The van der Waals surface area contributed by atoms with Crippen LogP contribution in [0.5, 0.6) is 0 Å². The Labute approximate surface area is 168 Å². The molecule has 2 aromatic rings. The number of aryl methyl sites for hydroxylation is 1.